The van der Waals surface area contributed by atoms with Crippen LogP contribution in [0.15, 0.2) is 18.3 Å². The Kier molecular flexibility index (Phi) is 2.94. The van der Waals surface area contributed by atoms with Crippen LogP contribution in [0.4, 0.5) is 0 Å². The Bertz CT molecular complexity index is 169. The summed E-state index contributed by atoms with van der Waals surface area (Å²) in [6.45, 7) is 2.19. The Morgan fingerprint density at radius 1 is 1.60 bits per heavy atom. The van der Waals surface area contributed by atoms with E-state index in [4.69, 9.17) is 0 Å². The number of aryl methyl sites for hydroxylation is 1. The van der Waals surface area contributed by atoms with E-state index in [9.17, 15) is 0 Å². The molecular formula is C9H12N. The van der Waals surface area contributed by atoms with Crippen molar-refractivity contribution in [2.45, 2.75) is 26.2 Å². The molecule has 0 atom stereocenters. The molecule has 0 spiro atoms. The van der Waals surface area contributed by atoms with Crippen molar-refractivity contribution < 1.29 is 0 Å². The summed E-state index contributed by atoms with van der Waals surface area (Å²) in [7, 11) is 0. The van der Waals surface area contributed by atoms with Crippen molar-refractivity contribution in [1.29, 1.82) is 0 Å². The van der Waals surface area contributed by atoms with Gasteiger partial charge in [0, 0.05) is 11.9 Å². The first-order chi connectivity index (χ1) is 4.93. The van der Waals surface area contributed by atoms with Crippen LogP contribution in [-0.4, -0.2) is 4.98 Å². The molecule has 1 heterocycles. The zero-order chi connectivity index (χ0) is 7.23. The molecule has 0 aliphatic rings. The van der Waals surface area contributed by atoms with Crippen molar-refractivity contribution in [2.24, 2.45) is 0 Å². The summed E-state index contributed by atoms with van der Waals surface area (Å²) >= 11 is 0. The number of hydrogen-bond donors (Lipinski definition) is 0. The zero-order valence-electron chi connectivity index (χ0n) is 6.30. The summed E-state index contributed by atoms with van der Waals surface area (Å²) in [6, 6.07) is 6.79. The molecular weight excluding hydrogens is 122 g/mol. The van der Waals surface area contributed by atoms with Gasteiger partial charge in [-0.25, -0.2) is 0 Å². The summed E-state index contributed by atoms with van der Waals surface area (Å²) < 4.78 is 0. The highest BCUT2D eigenvalue weighted by molar-refractivity contribution is 5.01. The molecule has 0 saturated carbocycles. The molecule has 1 rings (SSSR count). The molecule has 0 amide bonds. The number of pyridine rings is 1. The fraction of sp³-hybridized carbons (Fsp3) is 0.444. The quantitative estimate of drug-likeness (QED) is 0.617. The molecule has 1 nitrogen and oxygen atoms in total. The van der Waals surface area contributed by atoms with Crippen molar-refractivity contribution in [1.82, 2.24) is 4.98 Å². The van der Waals surface area contributed by atoms with E-state index in [1.807, 2.05) is 12.1 Å². The van der Waals surface area contributed by atoms with Crippen molar-refractivity contribution in [2.75, 3.05) is 0 Å². The molecule has 0 saturated heterocycles. The largest absolute Gasteiger partial charge is 0.261 e. The molecule has 0 aliphatic carbocycles. The van der Waals surface area contributed by atoms with Crippen LogP contribution in [0.5, 0.6) is 0 Å². The summed E-state index contributed by atoms with van der Waals surface area (Å²) in [5.41, 5.74) is 1.16. The second-order valence-electron chi connectivity index (χ2n) is 2.35. The molecule has 1 heteroatoms. The zero-order valence-corrected chi connectivity index (χ0v) is 6.30. The third kappa shape index (κ3) is 2.18. The first-order valence-electron chi connectivity index (χ1n) is 3.74. The third-order valence-electron chi connectivity index (χ3n) is 1.45. The van der Waals surface area contributed by atoms with Gasteiger partial charge in [-0.3, -0.25) is 4.98 Å². The lowest BCUT2D eigenvalue weighted by molar-refractivity contribution is 0.776. The van der Waals surface area contributed by atoms with Crippen molar-refractivity contribution in [3.05, 3.63) is 30.1 Å². The Morgan fingerprint density at radius 3 is 3.10 bits per heavy atom. The SMILES string of the molecule is CCCCc1c[c]ccn1. The topological polar surface area (TPSA) is 12.9 Å². The molecule has 0 aromatic carbocycles. The molecule has 0 bridgehead atoms. The number of nitrogens with zero attached hydrogens (tertiary/aromatic N) is 1. The van der Waals surface area contributed by atoms with Gasteiger partial charge in [0.05, 0.1) is 0 Å². The maximum Gasteiger partial charge on any atom is 0.0409 e. The summed E-state index contributed by atoms with van der Waals surface area (Å²) in [4.78, 5) is 4.19. The van der Waals surface area contributed by atoms with Crippen LogP contribution in [-0.2, 0) is 6.42 Å². The van der Waals surface area contributed by atoms with Crippen LogP contribution in [0.25, 0.3) is 0 Å². The molecule has 1 radical (unpaired) electrons. The molecule has 0 N–H and O–H groups in total. The maximum atomic E-state index is 4.19. The van der Waals surface area contributed by atoms with E-state index >= 15 is 0 Å². The summed E-state index contributed by atoms with van der Waals surface area (Å²) in [6.07, 6.45) is 5.35. The molecule has 10 heavy (non-hydrogen) atoms. The molecule has 0 fully saturated rings. The Hall–Kier alpha value is -0.850. The maximum absolute atomic E-state index is 4.19. The van der Waals surface area contributed by atoms with E-state index in [-0.39, 0.29) is 0 Å². The highest BCUT2D eigenvalue weighted by atomic mass is 14.7. The number of unbranched alkanes of at least 4 members (excludes halogenated alkanes) is 1. The van der Waals surface area contributed by atoms with Gasteiger partial charge in [-0.15, -0.1) is 0 Å². The molecule has 1 aromatic heterocycles. The van der Waals surface area contributed by atoms with Gasteiger partial charge in [0.15, 0.2) is 0 Å². The lowest BCUT2D eigenvalue weighted by Gasteiger charge is -1.95. The summed E-state index contributed by atoms with van der Waals surface area (Å²) in [5.74, 6) is 0. The van der Waals surface area contributed by atoms with Gasteiger partial charge in [0.25, 0.3) is 0 Å². The minimum atomic E-state index is 1.09. The lowest BCUT2D eigenvalue weighted by atomic mass is 10.2. The van der Waals surface area contributed by atoms with Gasteiger partial charge in [-0.2, -0.15) is 0 Å². The van der Waals surface area contributed by atoms with Crippen molar-refractivity contribution >= 4 is 0 Å². The second-order valence-corrected chi connectivity index (χ2v) is 2.35. The lowest BCUT2D eigenvalue weighted by Crippen LogP contribution is -1.87. The second kappa shape index (κ2) is 4.04. The van der Waals surface area contributed by atoms with Gasteiger partial charge >= 0.3 is 0 Å². The number of rotatable bonds is 3. The standard InChI is InChI=1S/C9H12N/c1-2-3-6-9-7-4-5-8-10-9/h5,7-8H,2-3,6H2,1H3. The molecule has 0 aliphatic heterocycles. The minimum absolute atomic E-state index is 1.09. The number of hydrogen-bond acceptors (Lipinski definition) is 1. The summed E-state index contributed by atoms with van der Waals surface area (Å²) in [5, 5.41) is 0. The molecule has 53 valence electrons. The minimum Gasteiger partial charge on any atom is -0.261 e. The van der Waals surface area contributed by atoms with E-state index in [0.29, 0.717) is 0 Å². The number of aromatic nitrogens is 1. The van der Waals surface area contributed by atoms with Crippen LogP contribution >= 0.6 is 0 Å². The Morgan fingerprint density at radius 2 is 2.50 bits per heavy atom. The van der Waals surface area contributed by atoms with Crippen molar-refractivity contribution in [3.8, 4) is 0 Å². The Labute approximate surface area is 62.1 Å². The average molecular weight is 134 g/mol. The van der Waals surface area contributed by atoms with Gasteiger partial charge in [0.2, 0.25) is 0 Å². The van der Waals surface area contributed by atoms with Crippen molar-refractivity contribution in [3.63, 3.8) is 0 Å². The third-order valence-corrected chi connectivity index (χ3v) is 1.45. The first kappa shape index (κ1) is 7.26. The molecule has 0 unspecified atom stereocenters. The fourth-order valence-corrected chi connectivity index (χ4v) is 0.852. The normalized spacial score (nSPS) is 9.70. The monoisotopic (exact) mass is 134 g/mol. The van der Waals surface area contributed by atoms with E-state index in [0.717, 1.165) is 12.1 Å². The highest BCUT2D eigenvalue weighted by Gasteiger charge is 1.89. The van der Waals surface area contributed by atoms with E-state index in [2.05, 4.69) is 18.0 Å². The molecule has 1 aromatic rings. The first-order valence-corrected chi connectivity index (χ1v) is 3.74. The highest BCUT2D eigenvalue weighted by Crippen LogP contribution is 1.99. The van der Waals surface area contributed by atoms with Gasteiger partial charge in [-0.1, -0.05) is 13.3 Å². The Balaban J connectivity index is 2.43. The smallest absolute Gasteiger partial charge is 0.0409 e. The van der Waals surface area contributed by atoms with Gasteiger partial charge in [-0.05, 0) is 31.0 Å². The predicted molar refractivity (Wildman–Crippen MR) is 41.7 cm³/mol. The van der Waals surface area contributed by atoms with Crippen LogP contribution in [0, 0.1) is 6.07 Å². The van der Waals surface area contributed by atoms with Crippen LogP contribution < -0.4 is 0 Å². The fourth-order valence-electron chi connectivity index (χ4n) is 0.852. The van der Waals surface area contributed by atoms with E-state index in [1.54, 1.807) is 6.20 Å². The average Bonchev–Trinajstić information content (AvgIpc) is 2.03. The van der Waals surface area contributed by atoms with E-state index < -0.39 is 0 Å². The van der Waals surface area contributed by atoms with Crippen LogP contribution in [0.3, 0.4) is 0 Å². The van der Waals surface area contributed by atoms with Gasteiger partial charge in [0.1, 0.15) is 0 Å². The van der Waals surface area contributed by atoms with E-state index in [1.165, 1.54) is 12.8 Å². The van der Waals surface area contributed by atoms with Gasteiger partial charge < -0.3 is 0 Å². The van der Waals surface area contributed by atoms with Crippen LogP contribution in [0.1, 0.15) is 25.5 Å². The van der Waals surface area contributed by atoms with Crippen LogP contribution in [0.2, 0.25) is 0 Å². The predicted octanol–water partition coefficient (Wildman–Crippen LogP) is 2.22.